The SMILES string of the molecule is CC[C@@H](N)C[C@@H](N)C(=O)OCc1ccccc1. The first-order chi connectivity index (χ1) is 8.13. The molecule has 0 fully saturated rings. The Morgan fingerprint density at radius 2 is 1.94 bits per heavy atom. The van der Waals surface area contributed by atoms with Gasteiger partial charge in [-0.05, 0) is 18.4 Å². The summed E-state index contributed by atoms with van der Waals surface area (Å²) < 4.78 is 5.12. The first-order valence-corrected chi connectivity index (χ1v) is 5.85. The van der Waals surface area contributed by atoms with Gasteiger partial charge in [0, 0.05) is 6.04 Å². The van der Waals surface area contributed by atoms with Crippen molar-refractivity contribution >= 4 is 5.97 Å². The standard InChI is InChI=1S/C13H20N2O2/c1-2-11(14)8-12(15)13(16)17-9-10-6-4-3-5-7-10/h3-7,11-12H,2,8-9,14-15H2,1H3/t11-,12-/m1/s1. The lowest BCUT2D eigenvalue weighted by Crippen LogP contribution is -2.38. The van der Waals surface area contributed by atoms with E-state index in [1.807, 2.05) is 37.3 Å². The van der Waals surface area contributed by atoms with Gasteiger partial charge in [0.1, 0.15) is 12.6 Å². The van der Waals surface area contributed by atoms with Crippen LogP contribution in [0.2, 0.25) is 0 Å². The Morgan fingerprint density at radius 1 is 1.29 bits per heavy atom. The van der Waals surface area contributed by atoms with Crippen molar-refractivity contribution < 1.29 is 9.53 Å². The fourth-order valence-corrected chi connectivity index (χ4v) is 1.42. The lowest BCUT2D eigenvalue weighted by atomic mass is 10.1. The Balaban J connectivity index is 2.34. The van der Waals surface area contributed by atoms with Crippen LogP contribution < -0.4 is 11.5 Å². The van der Waals surface area contributed by atoms with Crippen molar-refractivity contribution in [1.82, 2.24) is 0 Å². The Morgan fingerprint density at radius 3 is 2.53 bits per heavy atom. The Bertz CT molecular complexity index is 341. The number of hydrogen-bond acceptors (Lipinski definition) is 4. The molecule has 4 N–H and O–H groups in total. The van der Waals surface area contributed by atoms with Gasteiger partial charge in [0.2, 0.25) is 0 Å². The maximum Gasteiger partial charge on any atom is 0.323 e. The molecular weight excluding hydrogens is 216 g/mol. The van der Waals surface area contributed by atoms with E-state index in [4.69, 9.17) is 16.2 Å². The predicted molar refractivity (Wildman–Crippen MR) is 67.1 cm³/mol. The van der Waals surface area contributed by atoms with E-state index < -0.39 is 12.0 Å². The van der Waals surface area contributed by atoms with Crippen molar-refractivity contribution in [3.63, 3.8) is 0 Å². The third-order valence-corrected chi connectivity index (χ3v) is 2.61. The van der Waals surface area contributed by atoms with Crippen LogP contribution in [0.4, 0.5) is 0 Å². The average molecular weight is 236 g/mol. The van der Waals surface area contributed by atoms with E-state index in [1.165, 1.54) is 0 Å². The summed E-state index contributed by atoms with van der Waals surface area (Å²) in [7, 11) is 0. The van der Waals surface area contributed by atoms with Gasteiger partial charge in [0.25, 0.3) is 0 Å². The van der Waals surface area contributed by atoms with Gasteiger partial charge < -0.3 is 16.2 Å². The molecule has 4 nitrogen and oxygen atoms in total. The summed E-state index contributed by atoms with van der Waals surface area (Å²) in [5.41, 5.74) is 12.4. The van der Waals surface area contributed by atoms with E-state index in [1.54, 1.807) is 0 Å². The van der Waals surface area contributed by atoms with Crippen LogP contribution >= 0.6 is 0 Å². The molecule has 94 valence electrons. The lowest BCUT2D eigenvalue weighted by Gasteiger charge is -2.15. The van der Waals surface area contributed by atoms with Crippen molar-refractivity contribution in [3.8, 4) is 0 Å². The number of carbonyl (C=O) groups is 1. The van der Waals surface area contributed by atoms with E-state index in [0.29, 0.717) is 6.42 Å². The summed E-state index contributed by atoms with van der Waals surface area (Å²) in [6.07, 6.45) is 1.27. The number of rotatable bonds is 6. The van der Waals surface area contributed by atoms with Crippen LogP contribution in [-0.2, 0) is 16.1 Å². The first-order valence-electron chi connectivity index (χ1n) is 5.85. The molecule has 0 aliphatic carbocycles. The number of ether oxygens (including phenoxy) is 1. The summed E-state index contributed by atoms with van der Waals surface area (Å²) >= 11 is 0. The molecule has 0 aromatic heterocycles. The summed E-state index contributed by atoms with van der Waals surface area (Å²) in [5, 5.41) is 0. The third-order valence-electron chi connectivity index (χ3n) is 2.61. The predicted octanol–water partition coefficient (Wildman–Crippen LogP) is 1.18. The van der Waals surface area contributed by atoms with Gasteiger partial charge in [-0.1, -0.05) is 37.3 Å². The number of nitrogens with two attached hydrogens (primary N) is 2. The van der Waals surface area contributed by atoms with E-state index >= 15 is 0 Å². The van der Waals surface area contributed by atoms with Crippen molar-refractivity contribution in [2.75, 3.05) is 0 Å². The fourth-order valence-electron chi connectivity index (χ4n) is 1.42. The van der Waals surface area contributed by atoms with Crippen molar-refractivity contribution in [1.29, 1.82) is 0 Å². The summed E-state index contributed by atoms with van der Waals surface area (Å²) in [5.74, 6) is -0.391. The van der Waals surface area contributed by atoms with Crippen LogP contribution in [0, 0.1) is 0 Å². The molecule has 1 rings (SSSR count). The molecular formula is C13H20N2O2. The summed E-state index contributed by atoms with van der Waals surface area (Å²) in [4.78, 5) is 11.6. The molecule has 17 heavy (non-hydrogen) atoms. The number of carbonyl (C=O) groups excluding carboxylic acids is 1. The smallest absolute Gasteiger partial charge is 0.323 e. The monoisotopic (exact) mass is 236 g/mol. The molecule has 4 heteroatoms. The molecule has 1 aromatic rings. The normalized spacial score (nSPS) is 14.1. The van der Waals surface area contributed by atoms with Crippen molar-refractivity contribution in [3.05, 3.63) is 35.9 Å². The fraction of sp³-hybridized carbons (Fsp3) is 0.462. The highest BCUT2D eigenvalue weighted by Gasteiger charge is 2.17. The third kappa shape index (κ3) is 4.97. The molecule has 0 spiro atoms. The molecule has 0 aliphatic heterocycles. The minimum atomic E-state index is -0.631. The van der Waals surface area contributed by atoms with Gasteiger partial charge in [0.05, 0.1) is 0 Å². The van der Waals surface area contributed by atoms with Crippen LogP contribution in [-0.4, -0.2) is 18.1 Å². The maximum atomic E-state index is 11.6. The topological polar surface area (TPSA) is 78.3 Å². The summed E-state index contributed by atoms with van der Waals surface area (Å²) in [6, 6.07) is 8.83. The zero-order valence-electron chi connectivity index (χ0n) is 10.1. The van der Waals surface area contributed by atoms with E-state index in [2.05, 4.69) is 0 Å². The van der Waals surface area contributed by atoms with E-state index in [-0.39, 0.29) is 12.6 Å². The maximum absolute atomic E-state index is 11.6. The highest BCUT2D eigenvalue weighted by atomic mass is 16.5. The van der Waals surface area contributed by atoms with Crippen molar-refractivity contribution in [2.24, 2.45) is 11.5 Å². The van der Waals surface area contributed by atoms with Crippen LogP contribution in [0.5, 0.6) is 0 Å². The number of benzene rings is 1. The molecule has 0 saturated carbocycles. The van der Waals surface area contributed by atoms with Crippen LogP contribution in [0.3, 0.4) is 0 Å². The average Bonchev–Trinajstić information content (AvgIpc) is 2.36. The van der Waals surface area contributed by atoms with Gasteiger partial charge in [-0.2, -0.15) is 0 Å². The zero-order chi connectivity index (χ0) is 12.7. The van der Waals surface area contributed by atoms with Crippen LogP contribution in [0.1, 0.15) is 25.3 Å². The minimum absolute atomic E-state index is 0.0470. The van der Waals surface area contributed by atoms with Crippen LogP contribution in [0.25, 0.3) is 0 Å². The second-order valence-electron chi connectivity index (χ2n) is 4.10. The molecule has 0 unspecified atom stereocenters. The Labute approximate surface area is 102 Å². The molecule has 0 aliphatic rings. The summed E-state index contributed by atoms with van der Waals surface area (Å²) in [6.45, 7) is 2.22. The first kappa shape index (κ1) is 13.7. The van der Waals surface area contributed by atoms with Gasteiger partial charge in [-0.25, -0.2) is 0 Å². The Kier molecular flexibility index (Phi) is 5.66. The van der Waals surface area contributed by atoms with Gasteiger partial charge in [-0.15, -0.1) is 0 Å². The van der Waals surface area contributed by atoms with Crippen LogP contribution in [0.15, 0.2) is 30.3 Å². The number of esters is 1. The molecule has 2 atom stereocenters. The van der Waals surface area contributed by atoms with E-state index in [9.17, 15) is 4.79 Å². The van der Waals surface area contributed by atoms with E-state index in [0.717, 1.165) is 12.0 Å². The number of hydrogen-bond donors (Lipinski definition) is 2. The van der Waals surface area contributed by atoms with Gasteiger partial charge >= 0.3 is 5.97 Å². The van der Waals surface area contributed by atoms with Gasteiger partial charge in [-0.3, -0.25) is 4.79 Å². The van der Waals surface area contributed by atoms with Gasteiger partial charge in [0.15, 0.2) is 0 Å². The lowest BCUT2D eigenvalue weighted by molar-refractivity contribution is -0.146. The molecule has 0 radical (unpaired) electrons. The van der Waals surface area contributed by atoms with Crippen molar-refractivity contribution in [2.45, 2.75) is 38.5 Å². The highest BCUT2D eigenvalue weighted by Crippen LogP contribution is 2.04. The molecule has 0 bridgehead atoms. The zero-order valence-corrected chi connectivity index (χ0v) is 10.1. The molecule has 0 amide bonds. The highest BCUT2D eigenvalue weighted by molar-refractivity contribution is 5.75. The quantitative estimate of drug-likeness (QED) is 0.727. The molecule has 0 heterocycles. The second kappa shape index (κ2) is 7.04. The largest absolute Gasteiger partial charge is 0.460 e. The minimum Gasteiger partial charge on any atom is -0.460 e. The Hall–Kier alpha value is -1.39. The second-order valence-corrected chi connectivity index (χ2v) is 4.10. The molecule has 1 aromatic carbocycles. The molecule has 0 saturated heterocycles.